The van der Waals surface area contributed by atoms with Gasteiger partial charge in [-0.15, -0.1) is 0 Å². The van der Waals surface area contributed by atoms with E-state index in [1.54, 1.807) is 16.8 Å². The highest BCUT2D eigenvalue weighted by atomic mass is 16.3. The highest BCUT2D eigenvalue weighted by Crippen LogP contribution is 2.28. The Morgan fingerprint density at radius 1 is 1.50 bits per heavy atom. The molecule has 0 amide bonds. The molecule has 2 radical (unpaired) electrons. The third kappa shape index (κ3) is 1.86. The molecule has 1 aliphatic carbocycles. The number of pyridine rings is 1. The molecule has 1 aliphatic rings. The fraction of sp³-hybridized carbons (Fsp3) is 0.500. The van der Waals surface area contributed by atoms with Crippen molar-refractivity contribution >= 4 is 24.5 Å². The average Bonchev–Trinajstić information content (AvgIpc) is 2.64. The van der Waals surface area contributed by atoms with Crippen LogP contribution in [0.4, 0.5) is 0 Å². The second kappa shape index (κ2) is 4.28. The summed E-state index contributed by atoms with van der Waals surface area (Å²) in [5, 5.41) is 9.72. The van der Waals surface area contributed by atoms with Gasteiger partial charge in [-0.05, 0) is 31.7 Å². The Labute approximate surface area is 105 Å². The van der Waals surface area contributed by atoms with Crippen molar-refractivity contribution in [1.29, 1.82) is 0 Å². The van der Waals surface area contributed by atoms with Crippen LogP contribution in [0.5, 0.6) is 0 Å². The van der Waals surface area contributed by atoms with Gasteiger partial charge in [0.15, 0.2) is 5.65 Å². The lowest BCUT2D eigenvalue weighted by molar-refractivity contribution is 0.104. The van der Waals surface area contributed by atoms with Crippen molar-refractivity contribution in [2.24, 2.45) is 0 Å². The number of imidazole rings is 1. The van der Waals surface area contributed by atoms with E-state index in [1.165, 1.54) is 0 Å². The molecule has 0 saturated heterocycles. The minimum absolute atomic E-state index is 0.0196. The first-order valence-electron chi connectivity index (χ1n) is 6.19. The number of aliphatic hydroxyl groups is 1. The predicted octanol–water partition coefficient (Wildman–Crippen LogP) is -0.00560. The number of nitrogens with one attached hydrogen (secondary N) is 1. The summed E-state index contributed by atoms with van der Waals surface area (Å²) >= 11 is 0. The van der Waals surface area contributed by atoms with Gasteiger partial charge in [0.2, 0.25) is 0 Å². The highest BCUT2D eigenvalue weighted by molar-refractivity contribution is 6.32. The highest BCUT2D eigenvalue weighted by Gasteiger charge is 2.24. The van der Waals surface area contributed by atoms with Gasteiger partial charge in [-0.25, -0.2) is 9.78 Å². The van der Waals surface area contributed by atoms with E-state index in [0.29, 0.717) is 23.0 Å². The first kappa shape index (κ1) is 11.5. The molecule has 3 rings (SSSR count). The topological polar surface area (TPSA) is 70.9 Å². The molecule has 2 unspecified atom stereocenters. The number of aliphatic hydroxyl groups excluding tert-OH is 1. The molecule has 0 bridgehead atoms. The Morgan fingerprint density at radius 3 is 3.11 bits per heavy atom. The van der Waals surface area contributed by atoms with E-state index in [0.717, 1.165) is 19.3 Å². The minimum atomic E-state index is -0.325. The van der Waals surface area contributed by atoms with Crippen LogP contribution in [-0.4, -0.2) is 33.6 Å². The number of hydrogen-bond acceptors (Lipinski definition) is 3. The summed E-state index contributed by atoms with van der Waals surface area (Å²) in [5.41, 5.74) is 1.62. The van der Waals surface area contributed by atoms with E-state index >= 15 is 0 Å². The molecular formula is C12H14BN3O2. The molecule has 1 saturated carbocycles. The first-order valence-corrected chi connectivity index (χ1v) is 6.19. The normalized spacial score (nSPS) is 24.5. The molecule has 0 aliphatic heterocycles. The van der Waals surface area contributed by atoms with E-state index in [4.69, 9.17) is 7.85 Å². The molecule has 5 nitrogen and oxygen atoms in total. The molecule has 2 atom stereocenters. The van der Waals surface area contributed by atoms with Gasteiger partial charge < -0.3 is 10.1 Å². The SMILES string of the molecule is [B]c1cnc2c(c1)[nH]c(=O)n2C1CCCC(O)C1. The van der Waals surface area contributed by atoms with E-state index in [1.807, 2.05) is 0 Å². The van der Waals surface area contributed by atoms with Crippen molar-refractivity contribution in [1.82, 2.24) is 14.5 Å². The summed E-state index contributed by atoms with van der Waals surface area (Å²) in [6.45, 7) is 0. The van der Waals surface area contributed by atoms with Crippen LogP contribution in [0.1, 0.15) is 31.7 Å². The smallest absolute Gasteiger partial charge is 0.327 e. The van der Waals surface area contributed by atoms with Gasteiger partial charge in [0.25, 0.3) is 0 Å². The zero-order valence-corrected chi connectivity index (χ0v) is 9.97. The van der Waals surface area contributed by atoms with E-state index in [9.17, 15) is 9.90 Å². The second-order valence-electron chi connectivity index (χ2n) is 4.91. The number of hydrogen-bond donors (Lipinski definition) is 2. The number of fused-ring (bicyclic) bond motifs is 1. The summed E-state index contributed by atoms with van der Waals surface area (Å²) in [6, 6.07) is 1.73. The number of aromatic amines is 1. The zero-order valence-electron chi connectivity index (χ0n) is 9.97. The van der Waals surface area contributed by atoms with E-state index in [-0.39, 0.29) is 17.8 Å². The molecule has 2 aromatic heterocycles. The summed E-state index contributed by atoms with van der Waals surface area (Å²) in [4.78, 5) is 19.0. The second-order valence-corrected chi connectivity index (χ2v) is 4.91. The van der Waals surface area contributed by atoms with Crippen molar-refractivity contribution in [2.75, 3.05) is 0 Å². The van der Waals surface area contributed by atoms with Crippen molar-refractivity contribution in [3.63, 3.8) is 0 Å². The van der Waals surface area contributed by atoms with Gasteiger partial charge in [0.05, 0.1) is 11.6 Å². The Morgan fingerprint density at radius 2 is 2.33 bits per heavy atom. The maximum atomic E-state index is 12.0. The van der Waals surface area contributed by atoms with Crippen LogP contribution in [0, 0.1) is 0 Å². The number of rotatable bonds is 1. The quantitative estimate of drug-likeness (QED) is 0.692. The monoisotopic (exact) mass is 243 g/mol. The Bertz CT molecular complexity index is 634. The molecule has 0 aromatic carbocycles. The fourth-order valence-electron chi connectivity index (χ4n) is 2.74. The Hall–Kier alpha value is -1.56. The number of aromatic nitrogens is 3. The van der Waals surface area contributed by atoms with Crippen LogP contribution >= 0.6 is 0 Å². The predicted molar refractivity (Wildman–Crippen MR) is 69.3 cm³/mol. The fourth-order valence-corrected chi connectivity index (χ4v) is 2.74. The first-order chi connectivity index (χ1) is 8.65. The van der Waals surface area contributed by atoms with Crippen LogP contribution < -0.4 is 11.2 Å². The van der Waals surface area contributed by atoms with Gasteiger partial charge in [-0.1, -0.05) is 5.46 Å². The van der Waals surface area contributed by atoms with Crippen LogP contribution in [0.2, 0.25) is 0 Å². The molecular weight excluding hydrogens is 229 g/mol. The summed E-state index contributed by atoms with van der Waals surface area (Å²) < 4.78 is 1.65. The minimum Gasteiger partial charge on any atom is -0.393 e. The average molecular weight is 243 g/mol. The Kier molecular flexibility index (Phi) is 2.74. The maximum Gasteiger partial charge on any atom is 0.327 e. The maximum absolute atomic E-state index is 12.0. The lowest BCUT2D eigenvalue weighted by Gasteiger charge is -2.26. The van der Waals surface area contributed by atoms with Gasteiger partial charge >= 0.3 is 5.69 Å². The van der Waals surface area contributed by atoms with Crippen LogP contribution in [0.15, 0.2) is 17.1 Å². The molecule has 2 N–H and O–H groups in total. The third-order valence-corrected chi connectivity index (χ3v) is 3.56. The van der Waals surface area contributed by atoms with Crippen LogP contribution in [0.25, 0.3) is 11.2 Å². The van der Waals surface area contributed by atoms with Crippen molar-refractivity contribution < 1.29 is 5.11 Å². The third-order valence-electron chi connectivity index (χ3n) is 3.56. The molecule has 0 spiro atoms. The Balaban J connectivity index is 2.10. The van der Waals surface area contributed by atoms with Gasteiger partial charge in [-0.2, -0.15) is 0 Å². The van der Waals surface area contributed by atoms with Crippen molar-refractivity contribution in [2.45, 2.75) is 37.8 Å². The largest absolute Gasteiger partial charge is 0.393 e. The van der Waals surface area contributed by atoms with Gasteiger partial charge in [0.1, 0.15) is 7.85 Å². The van der Waals surface area contributed by atoms with Crippen LogP contribution in [-0.2, 0) is 0 Å². The lowest BCUT2D eigenvalue weighted by atomic mass is 9.93. The number of nitrogens with zero attached hydrogens (tertiary/aromatic N) is 2. The van der Waals surface area contributed by atoms with Crippen LogP contribution in [0.3, 0.4) is 0 Å². The summed E-state index contributed by atoms with van der Waals surface area (Å²) in [5.74, 6) is 0. The van der Waals surface area contributed by atoms with Gasteiger partial charge in [0, 0.05) is 12.2 Å². The zero-order chi connectivity index (χ0) is 12.7. The molecule has 1 fully saturated rings. The molecule has 92 valence electrons. The van der Waals surface area contributed by atoms with E-state index in [2.05, 4.69) is 9.97 Å². The standard InChI is InChI=1S/C12H14BN3O2/c13-7-4-10-11(14-6-7)16(12(18)15-10)8-2-1-3-9(17)5-8/h4,6,8-9,17H,1-3,5H2,(H,15,18). The summed E-state index contributed by atoms with van der Waals surface area (Å²) in [6.07, 6.45) is 4.48. The van der Waals surface area contributed by atoms with Gasteiger partial charge in [-0.3, -0.25) is 4.57 Å². The lowest BCUT2D eigenvalue weighted by Crippen LogP contribution is -2.29. The van der Waals surface area contributed by atoms with Crippen molar-refractivity contribution in [3.05, 3.63) is 22.7 Å². The molecule has 18 heavy (non-hydrogen) atoms. The number of H-pyrrole nitrogens is 1. The molecule has 6 heteroatoms. The molecule has 2 aromatic rings. The van der Waals surface area contributed by atoms with Crippen molar-refractivity contribution in [3.8, 4) is 0 Å². The molecule has 2 heterocycles. The summed E-state index contributed by atoms with van der Waals surface area (Å²) in [7, 11) is 5.65. The van der Waals surface area contributed by atoms with E-state index < -0.39 is 0 Å².